The zero-order valence-corrected chi connectivity index (χ0v) is 12.2. The summed E-state index contributed by atoms with van der Waals surface area (Å²) < 4.78 is 10.3. The van der Waals surface area contributed by atoms with Crippen molar-refractivity contribution in [3.05, 3.63) is 54.1 Å². The van der Waals surface area contributed by atoms with Crippen LogP contribution in [-0.2, 0) is 16.0 Å². The molecule has 0 aromatic heterocycles. The van der Waals surface area contributed by atoms with Crippen molar-refractivity contribution in [3.8, 4) is 5.75 Å². The van der Waals surface area contributed by atoms with E-state index < -0.39 is 0 Å². The van der Waals surface area contributed by atoms with Crippen LogP contribution in [0.2, 0.25) is 0 Å². The van der Waals surface area contributed by atoms with Crippen molar-refractivity contribution in [2.75, 3.05) is 19.0 Å². The minimum Gasteiger partial charge on any atom is -0.483 e. The van der Waals surface area contributed by atoms with E-state index in [0.717, 1.165) is 28.5 Å². The number of aliphatic imine (C=N–C) groups is 1. The highest BCUT2D eigenvalue weighted by Crippen LogP contribution is 2.29. The van der Waals surface area contributed by atoms with Gasteiger partial charge in [-0.3, -0.25) is 4.79 Å². The predicted molar refractivity (Wildman–Crippen MR) is 84.8 cm³/mol. The van der Waals surface area contributed by atoms with Crippen LogP contribution in [0.1, 0.15) is 5.56 Å². The average Bonchev–Trinajstić information content (AvgIpc) is 2.56. The second-order valence-corrected chi connectivity index (χ2v) is 4.89. The molecule has 1 aliphatic heterocycles. The van der Waals surface area contributed by atoms with Crippen LogP contribution in [0.25, 0.3) is 0 Å². The molecular weight excluding hydrogens is 280 g/mol. The number of rotatable bonds is 3. The van der Waals surface area contributed by atoms with Crippen molar-refractivity contribution >= 4 is 23.2 Å². The fourth-order valence-electron chi connectivity index (χ4n) is 2.17. The first-order valence-corrected chi connectivity index (χ1v) is 6.97. The average molecular weight is 296 g/mol. The van der Waals surface area contributed by atoms with Gasteiger partial charge >= 0.3 is 5.97 Å². The lowest BCUT2D eigenvalue weighted by atomic mass is 10.1. The predicted octanol–water partition coefficient (Wildman–Crippen LogP) is 2.94. The van der Waals surface area contributed by atoms with Gasteiger partial charge in [-0.25, -0.2) is 4.99 Å². The highest BCUT2D eigenvalue weighted by Gasteiger charge is 2.12. The summed E-state index contributed by atoms with van der Waals surface area (Å²) in [4.78, 5) is 15.8. The molecule has 5 heteroatoms. The SMILES string of the molecule is COC(=O)Cc1ccc(NC2=Nc3ccccc3OC2)cc1. The number of ether oxygens (including phenoxy) is 2. The Morgan fingerprint density at radius 1 is 1.23 bits per heavy atom. The molecule has 0 unspecified atom stereocenters. The summed E-state index contributed by atoms with van der Waals surface area (Å²) in [5.74, 6) is 1.29. The van der Waals surface area contributed by atoms with E-state index in [1.54, 1.807) is 0 Å². The van der Waals surface area contributed by atoms with Gasteiger partial charge in [-0.1, -0.05) is 24.3 Å². The third-order valence-corrected chi connectivity index (χ3v) is 3.30. The van der Waals surface area contributed by atoms with Crippen LogP contribution in [0.4, 0.5) is 11.4 Å². The van der Waals surface area contributed by atoms with Gasteiger partial charge in [0, 0.05) is 5.69 Å². The second-order valence-electron chi connectivity index (χ2n) is 4.89. The monoisotopic (exact) mass is 296 g/mol. The van der Waals surface area contributed by atoms with Gasteiger partial charge < -0.3 is 14.8 Å². The fraction of sp³-hybridized carbons (Fsp3) is 0.176. The molecule has 1 heterocycles. The molecule has 0 amide bonds. The van der Waals surface area contributed by atoms with Crippen molar-refractivity contribution in [2.24, 2.45) is 4.99 Å². The Labute approximate surface area is 128 Å². The molecule has 5 nitrogen and oxygen atoms in total. The zero-order chi connectivity index (χ0) is 15.4. The van der Waals surface area contributed by atoms with Gasteiger partial charge in [-0.05, 0) is 29.8 Å². The number of carbonyl (C=O) groups excluding carboxylic acids is 1. The Morgan fingerprint density at radius 3 is 2.77 bits per heavy atom. The number of fused-ring (bicyclic) bond motifs is 1. The fourth-order valence-corrected chi connectivity index (χ4v) is 2.17. The Balaban J connectivity index is 1.69. The number of anilines is 1. The molecule has 112 valence electrons. The molecule has 2 aromatic rings. The molecule has 0 radical (unpaired) electrons. The molecule has 0 aliphatic carbocycles. The third-order valence-electron chi connectivity index (χ3n) is 3.30. The summed E-state index contributed by atoms with van der Waals surface area (Å²) in [6, 6.07) is 15.2. The molecule has 1 aliphatic rings. The van der Waals surface area contributed by atoms with Gasteiger partial charge in [-0.15, -0.1) is 0 Å². The number of carbonyl (C=O) groups is 1. The Kier molecular flexibility index (Phi) is 4.05. The maximum absolute atomic E-state index is 11.2. The van der Waals surface area contributed by atoms with Crippen LogP contribution in [-0.4, -0.2) is 25.5 Å². The quantitative estimate of drug-likeness (QED) is 0.885. The number of amidine groups is 1. The Bertz CT molecular complexity index is 708. The molecule has 0 saturated heterocycles. The van der Waals surface area contributed by atoms with Crippen molar-refractivity contribution in [1.29, 1.82) is 0 Å². The molecule has 0 saturated carbocycles. The molecule has 1 N–H and O–H groups in total. The third kappa shape index (κ3) is 3.25. The highest BCUT2D eigenvalue weighted by molar-refractivity contribution is 5.99. The summed E-state index contributed by atoms with van der Waals surface area (Å²) in [5, 5.41) is 3.23. The van der Waals surface area contributed by atoms with E-state index in [1.807, 2.05) is 48.5 Å². The largest absolute Gasteiger partial charge is 0.483 e. The van der Waals surface area contributed by atoms with Crippen molar-refractivity contribution in [2.45, 2.75) is 6.42 Å². The number of hydrogen-bond donors (Lipinski definition) is 1. The normalized spacial score (nSPS) is 12.7. The summed E-state index contributed by atoms with van der Waals surface area (Å²) in [6.07, 6.45) is 0.272. The van der Waals surface area contributed by atoms with Gasteiger partial charge in [0.2, 0.25) is 0 Å². The Hall–Kier alpha value is -2.82. The Morgan fingerprint density at radius 2 is 2.00 bits per heavy atom. The summed E-state index contributed by atoms with van der Waals surface area (Å²) >= 11 is 0. The standard InChI is InChI=1S/C17H16N2O3/c1-21-17(20)10-12-6-8-13(9-7-12)18-16-11-22-15-5-3-2-4-14(15)19-16/h2-9H,10-11H2,1H3,(H,18,19). The van der Waals surface area contributed by atoms with Crippen molar-refractivity contribution < 1.29 is 14.3 Å². The van der Waals surface area contributed by atoms with Crippen LogP contribution in [0.3, 0.4) is 0 Å². The van der Waals surface area contributed by atoms with Crippen molar-refractivity contribution in [3.63, 3.8) is 0 Å². The first kappa shape index (κ1) is 14.1. The zero-order valence-electron chi connectivity index (χ0n) is 12.2. The first-order valence-electron chi connectivity index (χ1n) is 6.97. The van der Waals surface area contributed by atoms with Crippen LogP contribution < -0.4 is 10.1 Å². The van der Waals surface area contributed by atoms with Gasteiger partial charge in [0.1, 0.15) is 23.9 Å². The van der Waals surface area contributed by atoms with Gasteiger partial charge in [-0.2, -0.15) is 0 Å². The molecule has 22 heavy (non-hydrogen) atoms. The van der Waals surface area contributed by atoms with Gasteiger partial charge in [0.15, 0.2) is 0 Å². The second kappa shape index (κ2) is 6.30. The molecule has 2 aromatic carbocycles. The number of nitrogens with zero attached hydrogens (tertiary/aromatic N) is 1. The lowest BCUT2D eigenvalue weighted by molar-refractivity contribution is -0.139. The summed E-state index contributed by atoms with van der Waals surface area (Å²) in [5.41, 5.74) is 2.62. The molecule has 0 atom stereocenters. The van der Waals surface area contributed by atoms with Crippen LogP contribution >= 0.6 is 0 Å². The van der Waals surface area contributed by atoms with Gasteiger partial charge in [0.05, 0.1) is 13.5 Å². The summed E-state index contributed by atoms with van der Waals surface area (Å²) in [6.45, 7) is 0.404. The number of hydrogen-bond acceptors (Lipinski definition) is 5. The molecular formula is C17H16N2O3. The molecule has 0 bridgehead atoms. The molecule has 0 spiro atoms. The van der Waals surface area contributed by atoms with E-state index in [0.29, 0.717) is 6.61 Å². The number of nitrogens with one attached hydrogen (secondary N) is 1. The van der Waals surface area contributed by atoms with Crippen LogP contribution in [0.15, 0.2) is 53.5 Å². The smallest absolute Gasteiger partial charge is 0.309 e. The summed E-state index contributed by atoms with van der Waals surface area (Å²) in [7, 11) is 1.39. The molecule has 3 rings (SSSR count). The first-order chi connectivity index (χ1) is 10.7. The topological polar surface area (TPSA) is 59.9 Å². The lowest BCUT2D eigenvalue weighted by Crippen LogP contribution is -2.23. The highest BCUT2D eigenvalue weighted by atomic mass is 16.5. The van der Waals surface area contributed by atoms with E-state index >= 15 is 0 Å². The maximum atomic E-state index is 11.2. The van der Waals surface area contributed by atoms with Crippen LogP contribution in [0.5, 0.6) is 5.75 Å². The minimum absolute atomic E-state index is 0.248. The number of benzene rings is 2. The van der Waals surface area contributed by atoms with E-state index in [9.17, 15) is 4.79 Å². The van der Waals surface area contributed by atoms with Crippen LogP contribution in [0, 0.1) is 0 Å². The minimum atomic E-state index is -0.248. The van der Waals surface area contributed by atoms with Gasteiger partial charge in [0.25, 0.3) is 0 Å². The maximum Gasteiger partial charge on any atom is 0.309 e. The van der Waals surface area contributed by atoms with E-state index in [2.05, 4.69) is 15.0 Å². The van der Waals surface area contributed by atoms with E-state index in [-0.39, 0.29) is 12.4 Å². The van der Waals surface area contributed by atoms with Crippen molar-refractivity contribution in [1.82, 2.24) is 0 Å². The lowest BCUT2D eigenvalue weighted by Gasteiger charge is -2.18. The number of esters is 1. The number of methoxy groups -OCH3 is 1. The number of para-hydroxylation sites is 2. The molecule has 0 fully saturated rings. The van der Waals surface area contributed by atoms with E-state index in [4.69, 9.17) is 4.74 Å². The van der Waals surface area contributed by atoms with E-state index in [1.165, 1.54) is 7.11 Å².